The fourth-order valence-corrected chi connectivity index (χ4v) is 1.65. The standard InChI is InChI=1S/C15H25N3O/c1-4-6-7-10-16-15(19)13-8-9-14(17-11-13)18-12(3)5-2/h8-9,11-12H,4-7,10H2,1-3H3,(H,16,19)(H,17,18). The first kappa shape index (κ1) is 15.5. The van der Waals surface area contributed by atoms with Crippen LogP contribution in [0, 0.1) is 0 Å². The van der Waals surface area contributed by atoms with E-state index in [4.69, 9.17) is 0 Å². The lowest BCUT2D eigenvalue weighted by Gasteiger charge is -2.12. The largest absolute Gasteiger partial charge is 0.368 e. The van der Waals surface area contributed by atoms with Crippen LogP contribution in [0.15, 0.2) is 18.3 Å². The molecule has 0 saturated carbocycles. The zero-order valence-corrected chi connectivity index (χ0v) is 12.2. The van der Waals surface area contributed by atoms with Crippen molar-refractivity contribution in [2.45, 2.75) is 52.5 Å². The highest BCUT2D eigenvalue weighted by Crippen LogP contribution is 2.07. The summed E-state index contributed by atoms with van der Waals surface area (Å²) in [5, 5.41) is 6.18. The molecule has 0 aliphatic heterocycles. The van der Waals surface area contributed by atoms with Gasteiger partial charge in [0.15, 0.2) is 0 Å². The summed E-state index contributed by atoms with van der Waals surface area (Å²) in [5.41, 5.74) is 0.617. The quantitative estimate of drug-likeness (QED) is 0.708. The molecular weight excluding hydrogens is 238 g/mol. The summed E-state index contributed by atoms with van der Waals surface area (Å²) in [7, 11) is 0. The number of anilines is 1. The molecule has 0 saturated heterocycles. The van der Waals surface area contributed by atoms with Crippen LogP contribution in [0.2, 0.25) is 0 Å². The van der Waals surface area contributed by atoms with E-state index in [-0.39, 0.29) is 5.91 Å². The van der Waals surface area contributed by atoms with E-state index in [0.29, 0.717) is 11.6 Å². The molecule has 1 aromatic rings. The lowest BCUT2D eigenvalue weighted by atomic mass is 10.2. The average molecular weight is 263 g/mol. The van der Waals surface area contributed by atoms with Gasteiger partial charge in [-0.25, -0.2) is 4.98 Å². The molecule has 2 N–H and O–H groups in total. The number of nitrogens with one attached hydrogen (secondary N) is 2. The molecule has 106 valence electrons. The minimum absolute atomic E-state index is 0.0429. The number of unbranched alkanes of at least 4 members (excludes halogenated alkanes) is 2. The van der Waals surface area contributed by atoms with E-state index >= 15 is 0 Å². The van der Waals surface area contributed by atoms with Gasteiger partial charge in [-0.05, 0) is 31.9 Å². The number of rotatable bonds is 8. The Labute approximate surface area is 116 Å². The van der Waals surface area contributed by atoms with Gasteiger partial charge in [0, 0.05) is 18.8 Å². The van der Waals surface area contributed by atoms with Gasteiger partial charge in [0.05, 0.1) is 5.56 Å². The zero-order valence-electron chi connectivity index (χ0n) is 12.2. The van der Waals surface area contributed by atoms with Crippen LogP contribution < -0.4 is 10.6 Å². The Balaban J connectivity index is 2.44. The molecule has 0 spiro atoms. The molecule has 0 aliphatic carbocycles. The fraction of sp³-hybridized carbons (Fsp3) is 0.600. The van der Waals surface area contributed by atoms with Gasteiger partial charge in [-0.1, -0.05) is 26.7 Å². The summed E-state index contributed by atoms with van der Waals surface area (Å²) in [6, 6.07) is 4.06. The number of carbonyl (C=O) groups is 1. The Hall–Kier alpha value is -1.58. The highest BCUT2D eigenvalue weighted by Gasteiger charge is 2.06. The second-order valence-corrected chi connectivity index (χ2v) is 4.85. The van der Waals surface area contributed by atoms with Crippen molar-refractivity contribution in [2.75, 3.05) is 11.9 Å². The molecule has 0 fully saturated rings. The van der Waals surface area contributed by atoms with Gasteiger partial charge in [-0.2, -0.15) is 0 Å². The van der Waals surface area contributed by atoms with Crippen molar-refractivity contribution in [1.29, 1.82) is 0 Å². The van der Waals surface area contributed by atoms with Crippen molar-refractivity contribution in [3.05, 3.63) is 23.9 Å². The Kier molecular flexibility index (Phi) is 6.93. The lowest BCUT2D eigenvalue weighted by Crippen LogP contribution is -2.24. The van der Waals surface area contributed by atoms with E-state index in [1.807, 2.05) is 12.1 Å². The van der Waals surface area contributed by atoms with Crippen LogP contribution in [-0.4, -0.2) is 23.5 Å². The minimum Gasteiger partial charge on any atom is -0.368 e. The van der Waals surface area contributed by atoms with Crippen LogP contribution in [0.25, 0.3) is 0 Å². The smallest absolute Gasteiger partial charge is 0.252 e. The molecular formula is C15H25N3O. The van der Waals surface area contributed by atoms with E-state index in [2.05, 4.69) is 36.4 Å². The molecule has 1 unspecified atom stereocenters. The predicted molar refractivity (Wildman–Crippen MR) is 79.5 cm³/mol. The minimum atomic E-state index is -0.0429. The molecule has 0 radical (unpaired) electrons. The third-order valence-electron chi connectivity index (χ3n) is 3.10. The monoisotopic (exact) mass is 263 g/mol. The predicted octanol–water partition coefficient (Wildman–Crippen LogP) is 3.21. The molecule has 1 rings (SSSR count). The molecule has 1 amide bonds. The zero-order chi connectivity index (χ0) is 14.1. The first-order valence-electron chi connectivity index (χ1n) is 7.18. The van der Waals surface area contributed by atoms with Crippen molar-refractivity contribution in [2.24, 2.45) is 0 Å². The highest BCUT2D eigenvalue weighted by molar-refractivity contribution is 5.94. The normalized spacial score (nSPS) is 11.9. The molecule has 1 aromatic heterocycles. The molecule has 4 nitrogen and oxygen atoms in total. The molecule has 0 aromatic carbocycles. The number of hydrogen-bond donors (Lipinski definition) is 2. The van der Waals surface area contributed by atoms with Gasteiger partial charge in [0.2, 0.25) is 0 Å². The van der Waals surface area contributed by atoms with E-state index in [1.165, 1.54) is 0 Å². The number of pyridine rings is 1. The first-order chi connectivity index (χ1) is 9.17. The van der Waals surface area contributed by atoms with Crippen LogP contribution in [-0.2, 0) is 0 Å². The number of carbonyl (C=O) groups excluding carboxylic acids is 1. The van der Waals surface area contributed by atoms with E-state index in [1.54, 1.807) is 6.20 Å². The van der Waals surface area contributed by atoms with Gasteiger partial charge in [0.1, 0.15) is 5.82 Å². The van der Waals surface area contributed by atoms with Crippen molar-refractivity contribution >= 4 is 11.7 Å². The second kappa shape index (κ2) is 8.51. The maximum absolute atomic E-state index is 11.8. The average Bonchev–Trinajstić information content (AvgIpc) is 2.44. The number of amides is 1. The van der Waals surface area contributed by atoms with E-state index in [0.717, 1.165) is 38.0 Å². The maximum atomic E-state index is 11.8. The van der Waals surface area contributed by atoms with Crippen LogP contribution in [0.4, 0.5) is 5.82 Å². The summed E-state index contributed by atoms with van der Waals surface area (Å²) >= 11 is 0. The Bertz CT molecular complexity index is 375. The summed E-state index contributed by atoms with van der Waals surface area (Å²) in [4.78, 5) is 16.1. The SMILES string of the molecule is CCCCCNC(=O)c1ccc(NC(C)CC)nc1. The molecule has 1 atom stereocenters. The number of aromatic nitrogens is 1. The van der Waals surface area contributed by atoms with Gasteiger partial charge in [0.25, 0.3) is 5.91 Å². The van der Waals surface area contributed by atoms with Crippen molar-refractivity contribution in [3.63, 3.8) is 0 Å². The summed E-state index contributed by atoms with van der Waals surface area (Å²) in [5.74, 6) is 0.774. The van der Waals surface area contributed by atoms with E-state index in [9.17, 15) is 4.79 Å². The van der Waals surface area contributed by atoms with Crippen LogP contribution in [0.1, 0.15) is 56.8 Å². The Morgan fingerprint density at radius 1 is 1.32 bits per heavy atom. The van der Waals surface area contributed by atoms with Crippen molar-refractivity contribution in [1.82, 2.24) is 10.3 Å². The van der Waals surface area contributed by atoms with Crippen LogP contribution in [0.3, 0.4) is 0 Å². The van der Waals surface area contributed by atoms with Crippen molar-refractivity contribution < 1.29 is 4.79 Å². The molecule has 0 bridgehead atoms. The number of nitrogens with zero attached hydrogens (tertiary/aromatic N) is 1. The summed E-state index contributed by atoms with van der Waals surface area (Å²) in [6.07, 6.45) is 6.01. The topological polar surface area (TPSA) is 54.0 Å². The molecule has 1 heterocycles. The first-order valence-corrected chi connectivity index (χ1v) is 7.18. The van der Waals surface area contributed by atoms with Crippen molar-refractivity contribution in [3.8, 4) is 0 Å². The molecule has 0 aliphatic rings. The summed E-state index contributed by atoms with van der Waals surface area (Å²) < 4.78 is 0. The van der Waals surface area contributed by atoms with Crippen LogP contribution in [0.5, 0.6) is 0 Å². The number of hydrogen-bond acceptors (Lipinski definition) is 3. The van der Waals surface area contributed by atoms with E-state index < -0.39 is 0 Å². The second-order valence-electron chi connectivity index (χ2n) is 4.85. The molecule has 19 heavy (non-hydrogen) atoms. The van der Waals surface area contributed by atoms with Gasteiger partial charge in [-0.3, -0.25) is 4.79 Å². The van der Waals surface area contributed by atoms with Gasteiger partial charge < -0.3 is 10.6 Å². The Morgan fingerprint density at radius 2 is 2.11 bits per heavy atom. The maximum Gasteiger partial charge on any atom is 0.252 e. The Morgan fingerprint density at radius 3 is 2.68 bits per heavy atom. The third kappa shape index (κ3) is 5.73. The highest BCUT2D eigenvalue weighted by atomic mass is 16.1. The van der Waals surface area contributed by atoms with Gasteiger partial charge in [-0.15, -0.1) is 0 Å². The lowest BCUT2D eigenvalue weighted by molar-refractivity contribution is 0.0952. The third-order valence-corrected chi connectivity index (χ3v) is 3.10. The van der Waals surface area contributed by atoms with Gasteiger partial charge >= 0.3 is 0 Å². The summed E-state index contributed by atoms with van der Waals surface area (Å²) in [6.45, 7) is 7.11. The molecule has 4 heteroatoms. The van der Waals surface area contributed by atoms with Crippen LogP contribution >= 0.6 is 0 Å². The fourth-order valence-electron chi connectivity index (χ4n) is 1.65.